The molecule has 2 aromatic rings. The fraction of sp³-hybridized carbons (Fsp3) is 0.333. The number of carboxylic acid groups (broad SMARTS) is 1. The molecule has 0 fully saturated rings. The number of esters is 1. The van der Waals surface area contributed by atoms with Gasteiger partial charge in [-0.05, 0) is 49.6 Å². The van der Waals surface area contributed by atoms with Crippen molar-refractivity contribution in [2.24, 2.45) is 0 Å². The van der Waals surface area contributed by atoms with Crippen molar-refractivity contribution in [1.29, 1.82) is 0 Å². The Balaban J connectivity index is 1.61. The highest BCUT2D eigenvalue weighted by molar-refractivity contribution is 6.30. The summed E-state index contributed by atoms with van der Waals surface area (Å²) < 4.78 is 15.3. The standard InChI is InChI=1S/C24H26ClNO7/c1-3-31-23(30)24(22(28)29)32-14-21(33-24)18-8-4-6-16(11-18)10-15(2)26-13-20(27)17-7-5-9-19(25)12-17/h4-9,11-12,14-15,20,26-27H,3,10,13H2,1-2H3,(H,28,29). The van der Waals surface area contributed by atoms with Gasteiger partial charge in [0.2, 0.25) is 0 Å². The molecule has 3 N–H and O–H groups in total. The SMILES string of the molecule is CCOC(=O)C1(C(=O)O)OC=C(c2cccc(CC(C)NCC(O)c3cccc(Cl)c3)c2)O1. The molecule has 1 aliphatic heterocycles. The molecule has 1 aliphatic rings. The maximum Gasteiger partial charge on any atom is 0.452 e. The first-order chi connectivity index (χ1) is 15.7. The van der Waals surface area contributed by atoms with Crippen LogP contribution in [0.25, 0.3) is 5.76 Å². The lowest BCUT2D eigenvalue weighted by Gasteiger charge is -2.21. The Kier molecular flexibility index (Phi) is 7.97. The summed E-state index contributed by atoms with van der Waals surface area (Å²) in [5, 5.41) is 23.7. The number of carboxylic acids is 1. The first-order valence-corrected chi connectivity index (χ1v) is 10.9. The van der Waals surface area contributed by atoms with Crippen LogP contribution in [0.1, 0.15) is 36.6 Å². The van der Waals surface area contributed by atoms with E-state index in [1.54, 1.807) is 37.3 Å². The molecule has 3 atom stereocenters. The molecule has 0 radical (unpaired) electrons. The van der Waals surface area contributed by atoms with Gasteiger partial charge in [0.05, 0.1) is 12.7 Å². The van der Waals surface area contributed by atoms with E-state index in [0.29, 0.717) is 23.6 Å². The summed E-state index contributed by atoms with van der Waals surface area (Å²) in [6.07, 6.45) is 1.04. The quantitative estimate of drug-likeness (QED) is 0.354. The number of rotatable bonds is 10. The Morgan fingerprint density at radius 1 is 1.21 bits per heavy atom. The first kappa shape index (κ1) is 24.6. The third-order valence-corrected chi connectivity index (χ3v) is 5.29. The van der Waals surface area contributed by atoms with Crippen LogP contribution in [-0.2, 0) is 30.2 Å². The van der Waals surface area contributed by atoms with Gasteiger partial charge < -0.3 is 29.7 Å². The van der Waals surface area contributed by atoms with Crippen LogP contribution in [0.2, 0.25) is 5.02 Å². The van der Waals surface area contributed by atoms with Crippen molar-refractivity contribution in [1.82, 2.24) is 5.32 Å². The van der Waals surface area contributed by atoms with Crippen LogP contribution >= 0.6 is 11.6 Å². The lowest BCUT2D eigenvalue weighted by Crippen LogP contribution is -2.49. The number of aliphatic hydroxyl groups is 1. The van der Waals surface area contributed by atoms with Crippen LogP contribution in [0.15, 0.2) is 54.8 Å². The van der Waals surface area contributed by atoms with E-state index in [2.05, 4.69) is 5.32 Å². The predicted octanol–water partition coefficient (Wildman–Crippen LogP) is 3.28. The fourth-order valence-electron chi connectivity index (χ4n) is 3.39. The molecule has 0 amide bonds. The molecule has 176 valence electrons. The average molecular weight is 476 g/mol. The van der Waals surface area contributed by atoms with E-state index in [-0.39, 0.29) is 18.4 Å². The second-order valence-corrected chi connectivity index (χ2v) is 8.07. The summed E-state index contributed by atoms with van der Waals surface area (Å²) in [5.41, 5.74) is 2.24. The zero-order chi connectivity index (χ0) is 24.0. The molecule has 33 heavy (non-hydrogen) atoms. The summed E-state index contributed by atoms with van der Waals surface area (Å²) in [5.74, 6) is -5.16. The van der Waals surface area contributed by atoms with Gasteiger partial charge in [-0.15, -0.1) is 0 Å². The number of hydrogen-bond donors (Lipinski definition) is 3. The smallest absolute Gasteiger partial charge is 0.452 e. The molecular formula is C24H26ClNO7. The summed E-state index contributed by atoms with van der Waals surface area (Å²) in [7, 11) is 0. The molecule has 9 heteroatoms. The zero-order valence-corrected chi connectivity index (χ0v) is 19.0. The Morgan fingerprint density at radius 2 is 1.97 bits per heavy atom. The molecule has 2 aromatic carbocycles. The topological polar surface area (TPSA) is 114 Å². The second kappa shape index (κ2) is 10.7. The van der Waals surface area contributed by atoms with Crippen molar-refractivity contribution in [3.05, 3.63) is 76.5 Å². The van der Waals surface area contributed by atoms with E-state index in [4.69, 9.17) is 25.8 Å². The number of carbonyl (C=O) groups excluding carboxylic acids is 1. The van der Waals surface area contributed by atoms with E-state index >= 15 is 0 Å². The van der Waals surface area contributed by atoms with E-state index in [0.717, 1.165) is 17.4 Å². The van der Waals surface area contributed by atoms with Crippen molar-refractivity contribution in [2.45, 2.75) is 38.2 Å². The van der Waals surface area contributed by atoms with Crippen molar-refractivity contribution < 1.29 is 34.0 Å². The summed E-state index contributed by atoms with van der Waals surface area (Å²) in [4.78, 5) is 23.8. The minimum absolute atomic E-state index is 0.0116. The predicted molar refractivity (Wildman–Crippen MR) is 121 cm³/mol. The number of halogens is 1. The van der Waals surface area contributed by atoms with E-state index < -0.39 is 23.8 Å². The van der Waals surface area contributed by atoms with Gasteiger partial charge in [-0.1, -0.05) is 41.9 Å². The minimum Gasteiger partial charge on any atom is -0.475 e. The fourth-order valence-corrected chi connectivity index (χ4v) is 3.58. The third kappa shape index (κ3) is 5.84. The molecule has 0 saturated carbocycles. The number of aliphatic carboxylic acids is 1. The number of carbonyl (C=O) groups is 2. The van der Waals surface area contributed by atoms with Gasteiger partial charge in [0.25, 0.3) is 0 Å². The van der Waals surface area contributed by atoms with Crippen LogP contribution in [0.3, 0.4) is 0 Å². The number of aliphatic hydroxyl groups excluding tert-OH is 1. The highest BCUT2D eigenvalue weighted by Crippen LogP contribution is 2.33. The van der Waals surface area contributed by atoms with Crippen molar-refractivity contribution in [3.8, 4) is 0 Å². The van der Waals surface area contributed by atoms with Crippen LogP contribution in [0.4, 0.5) is 0 Å². The first-order valence-electron chi connectivity index (χ1n) is 10.5. The monoisotopic (exact) mass is 475 g/mol. The van der Waals surface area contributed by atoms with Crippen LogP contribution in [0, 0.1) is 0 Å². The lowest BCUT2D eigenvalue weighted by atomic mass is 10.0. The Hall–Kier alpha value is -3.07. The number of benzene rings is 2. The molecule has 0 spiro atoms. The average Bonchev–Trinajstić information content (AvgIpc) is 3.25. The number of ether oxygens (including phenoxy) is 3. The maximum atomic E-state index is 12.1. The van der Waals surface area contributed by atoms with Crippen LogP contribution < -0.4 is 5.32 Å². The van der Waals surface area contributed by atoms with Gasteiger partial charge in [-0.2, -0.15) is 0 Å². The van der Waals surface area contributed by atoms with Gasteiger partial charge in [-0.25, -0.2) is 9.59 Å². The van der Waals surface area contributed by atoms with E-state index in [9.17, 15) is 19.8 Å². The van der Waals surface area contributed by atoms with E-state index in [1.807, 2.05) is 25.1 Å². The number of hydrogen-bond acceptors (Lipinski definition) is 7. The normalized spacial score (nSPS) is 19.1. The molecule has 0 aliphatic carbocycles. The van der Waals surface area contributed by atoms with Crippen LogP contribution in [0.5, 0.6) is 0 Å². The summed E-state index contributed by atoms with van der Waals surface area (Å²) in [6, 6.07) is 14.4. The molecule has 0 bridgehead atoms. The molecule has 0 saturated heterocycles. The van der Waals surface area contributed by atoms with Crippen molar-refractivity contribution in [2.75, 3.05) is 13.2 Å². The van der Waals surface area contributed by atoms with Crippen LogP contribution in [-0.4, -0.2) is 47.1 Å². The largest absolute Gasteiger partial charge is 0.475 e. The lowest BCUT2D eigenvalue weighted by molar-refractivity contribution is -0.211. The Morgan fingerprint density at radius 3 is 2.67 bits per heavy atom. The van der Waals surface area contributed by atoms with Gasteiger partial charge in [-0.3, -0.25) is 0 Å². The Labute approximate surface area is 196 Å². The van der Waals surface area contributed by atoms with Gasteiger partial charge >= 0.3 is 17.7 Å². The van der Waals surface area contributed by atoms with E-state index in [1.165, 1.54) is 0 Å². The number of nitrogens with one attached hydrogen (secondary N) is 1. The van der Waals surface area contributed by atoms with Crippen molar-refractivity contribution in [3.63, 3.8) is 0 Å². The van der Waals surface area contributed by atoms with Crippen molar-refractivity contribution >= 4 is 29.3 Å². The van der Waals surface area contributed by atoms with Gasteiger partial charge in [0.15, 0.2) is 5.76 Å². The summed E-state index contributed by atoms with van der Waals surface area (Å²) >= 11 is 5.98. The minimum atomic E-state index is -2.55. The van der Waals surface area contributed by atoms with Gasteiger partial charge in [0, 0.05) is 23.2 Å². The second-order valence-electron chi connectivity index (χ2n) is 7.63. The van der Waals surface area contributed by atoms with Gasteiger partial charge in [0.1, 0.15) is 6.26 Å². The molecule has 0 aromatic heterocycles. The molecule has 3 unspecified atom stereocenters. The maximum absolute atomic E-state index is 12.1. The highest BCUT2D eigenvalue weighted by atomic mass is 35.5. The molecule has 3 rings (SSSR count). The molecular weight excluding hydrogens is 450 g/mol. The zero-order valence-electron chi connectivity index (χ0n) is 18.3. The molecule has 1 heterocycles. The summed E-state index contributed by atoms with van der Waals surface area (Å²) in [6.45, 7) is 3.89. The Bertz CT molecular complexity index is 1040. The molecule has 8 nitrogen and oxygen atoms in total. The third-order valence-electron chi connectivity index (χ3n) is 5.06. The highest BCUT2D eigenvalue weighted by Gasteiger charge is 2.57.